The standard InChI is InChI=1S/C16H14BrClO2/c17-11-16(13-4-2-1-3-5-13)19-10-15(20-16)12-6-8-14(18)9-7-12/h1-9,15H,10-11H2/t15-,16+/m0/s1. The van der Waals surface area contributed by atoms with E-state index in [2.05, 4.69) is 15.9 Å². The fourth-order valence-corrected chi connectivity index (χ4v) is 3.08. The Hall–Kier alpha value is -0.870. The van der Waals surface area contributed by atoms with Crippen molar-refractivity contribution >= 4 is 27.5 Å². The van der Waals surface area contributed by atoms with Crippen molar-refractivity contribution in [3.63, 3.8) is 0 Å². The van der Waals surface area contributed by atoms with Crippen molar-refractivity contribution in [2.75, 3.05) is 11.9 Å². The zero-order chi connectivity index (χ0) is 14.0. The molecule has 0 radical (unpaired) electrons. The summed E-state index contributed by atoms with van der Waals surface area (Å²) in [6.07, 6.45) is -0.0787. The maximum atomic E-state index is 6.20. The first-order chi connectivity index (χ1) is 9.73. The first-order valence-corrected chi connectivity index (χ1v) is 7.92. The summed E-state index contributed by atoms with van der Waals surface area (Å²) in [5.74, 6) is -0.717. The zero-order valence-corrected chi connectivity index (χ0v) is 13.1. The van der Waals surface area contributed by atoms with Crippen molar-refractivity contribution in [2.24, 2.45) is 0 Å². The molecule has 2 nitrogen and oxygen atoms in total. The van der Waals surface area contributed by atoms with Crippen LogP contribution in [-0.4, -0.2) is 11.9 Å². The molecule has 3 rings (SSSR count). The van der Waals surface area contributed by atoms with E-state index >= 15 is 0 Å². The normalized spacial score (nSPS) is 25.8. The lowest BCUT2D eigenvalue weighted by Gasteiger charge is -2.26. The quantitative estimate of drug-likeness (QED) is 0.746. The van der Waals surface area contributed by atoms with Crippen LogP contribution in [0.1, 0.15) is 17.2 Å². The van der Waals surface area contributed by atoms with Crippen LogP contribution in [0, 0.1) is 0 Å². The Kier molecular flexibility index (Phi) is 4.13. The van der Waals surface area contributed by atoms with Gasteiger partial charge in [-0.2, -0.15) is 0 Å². The predicted octanol–water partition coefficient (Wildman–Crippen LogP) is 4.68. The lowest BCUT2D eigenvalue weighted by molar-refractivity contribution is -0.157. The van der Waals surface area contributed by atoms with Crippen LogP contribution in [0.25, 0.3) is 0 Å². The molecule has 1 fully saturated rings. The van der Waals surface area contributed by atoms with Crippen molar-refractivity contribution < 1.29 is 9.47 Å². The highest BCUT2D eigenvalue weighted by atomic mass is 79.9. The topological polar surface area (TPSA) is 18.5 Å². The Morgan fingerprint density at radius 1 is 1.10 bits per heavy atom. The number of hydrogen-bond donors (Lipinski definition) is 0. The Balaban J connectivity index is 1.86. The number of halogens is 2. The first-order valence-electron chi connectivity index (χ1n) is 6.42. The zero-order valence-electron chi connectivity index (χ0n) is 10.8. The van der Waals surface area contributed by atoms with Crippen LogP contribution in [0.15, 0.2) is 54.6 Å². The molecular weight excluding hydrogens is 340 g/mol. The summed E-state index contributed by atoms with van der Waals surface area (Å²) in [5.41, 5.74) is 2.10. The van der Waals surface area contributed by atoms with Crippen LogP contribution in [0.4, 0.5) is 0 Å². The molecule has 2 aromatic rings. The van der Waals surface area contributed by atoms with Crippen molar-refractivity contribution in [2.45, 2.75) is 11.9 Å². The number of benzene rings is 2. The lowest BCUT2D eigenvalue weighted by atomic mass is 10.1. The minimum atomic E-state index is -0.717. The van der Waals surface area contributed by atoms with E-state index in [1.165, 1.54) is 0 Å². The van der Waals surface area contributed by atoms with Gasteiger partial charge >= 0.3 is 0 Å². The monoisotopic (exact) mass is 352 g/mol. The smallest absolute Gasteiger partial charge is 0.205 e. The molecule has 0 aromatic heterocycles. The molecule has 0 N–H and O–H groups in total. The second-order valence-corrected chi connectivity index (χ2v) is 5.72. The van der Waals surface area contributed by atoms with Gasteiger partial charge in [-0.05, 0) is 17.7 Å². The summed E-state index contributed by atoms with van der Waals surface area (Å²) >= 11 is 9.43. The molecule has 104 valence electrons. The number of rotatable bonds is 3. The minimum absolute atomic E-state index is 0.0787. The predicted molar refractivity (Wildman–Crippen MR) is 83.1 cm³/mol. The van der Waals surface area contributed by atoms with Gasteiger partial charge in [-0.15, -0.1) is 0 Å². The number of alkyl halides is 1. The van der Waals surface area contributed by atoms with E-state index in [0.29, 0.717) is 11.9 Å². The average Bonchev–Trinajstić information content (AvgIpc) is 2.95. The molecule has 4 heteroatoms. The molecule has 0 aliphatic carbocycles. The Bertz CT molecular complexity index is 573. The summed E-state index contributed by atoms with van der Waals surface area (Å²) in [6.45, 7) is 0.530. The van der Waals surface area contributed by atoms with E-state index in [-0.39, 0.29) is 6.10 Å². The molecular formula is C16H14BrClO2. The van der Waals surface area contributed by atoms with Gasteiger partial charge in [0.05, 0.1) is 11.9 Å². The average molecular weight is 354 g/mol. The first kappa shape index (κ1) is 14.1. The van der Waals surface area contributed by atoms with Crippen molar-refractivity contribution in [3.8, 4) is 0 Å². The van der Waals surface area contributed by atoms with Gasteiger partial charge < -0.3 is 9.47 Å². The lowest BCUT2D eigenvalue weighted by Crippen LogP contribution is -2.29. The van der Waals surface area contributed by atoms with Gasteiger partial charge in [0, 0.05) is 10.6 Å². The fraction of sp³-hybridized carbons (Fsp3) is 0.250. The van der Waals surface area contributed by atoms with Gasteiger partial charge in [-0.25, -0.2) is 0 Å². The highest BCUT2D eigenvalue weighted by Crippen LogP contribution is 2.41. The summed E-state index contributed by atoms with van der Waals surface area (Å²) in [5, 5.41) is 1.32. The molecule has 0 unspecified atom stereocenters. The molecule has 1 heterocycles. The minimum Gasteiger partial charge on any atom is -0.342 e. The van der Waals surface area contributed by atoms with Gasteiger partial charge in [0.1, 0.15) is 6.10 Å². The van der Waals surface area contributed by atoms with Crippen molar-refractivity contribution in [3.05, 3.63) is 70.7 Å². The van der Waals surface area contributed by atoms with Gasteiger partial charge in [0.25, 0.3) is 0 Å². The third-order valence-corrected chi connectivity index (χ3v) is 4.42. The highest BCUT2D eigenvalue weighted by Gasteiger charge is 2.42. The highest BCUT2D eigenvalue weighted by molar-refractivity contribution is 9.09. The van der Waals surface area contributed by atoms with Gasteiger partial charge in [-0.3, -0.25) is 0 Å². The van der Waals surface area contributed by atoms with Gasteiger partial charge in [-0.1, -0.05) is 70.0 Å². The molecule has 20 heavy (non-hydrogen) atoms. The van der Waals surface area contributed by atoms with E-state index in [4.69, 9.17) is 21.1 Å². The van der Waals surface area contributed by atoms with E-state index in [1.54, 1.807) is 0 Å². The molecule has 0 spiro atoms. The van der Waals surface area contributed by atoms with Crippen LogP contribution in [0.5, 0.6) is 0 Å². The molecule has 0 amide bonds. The number of ether oxygens (including phenoxy) is 2. The summed E-state index contributed by atoms with van der Waals surface area (Å²) in [7, 11) is 0. The van der Waals surface area contributed by atoms with Crippen LogP contribution < -0.4 is 0 Å². The third kappa shape index (κ3) is 2.63. The maximum absolute atomic E-state index is 6.20. The maximum Gasteiger partial charge on any atom is 0.205 e. The van der Waals surface area contributed by atoms with E-state index in [1.807, 2.05) is 54.6 Å². The molecule has 2 atom stereocenters. The SMILES string of the molecule is Clc1ccc([C@@H]2CO[C@@](CBr)(c3ccccc3)O2)cc1. The van der Waals surface area contributed by atoms with Crippen LogP contribution in [-0.2, 0) is 15.3 Å². The third-order valence-electron chi connectivity index (χ3n) is 3.43. The van der Waals surface area contributed by atoms with Crippen LogP contribution in [0.2, 0.25) is 5.02 Å². The van der Waals surface area contributed by atoms with E-state index in [0.717, 1.165) is 16.1 Å². The Morgan fingerprint density at radius 2 is 1.80 bits per heavy atom. The second kappa shape index (κ2) is 5.86. The van der Waals surface area contributed by atoms with Crippen molar-refractivity contribution in [1.82, 2.24) is 0 Å². The molecule has 0 saturated carbocycles. The molecule has 1 saturated heterocycles. The van der Waals surface area contributed by atoms with Crippen molar-refractivity contribution in [1.29, 1.82) is 0 Å². The molecule has 1 aliphatic rings. The fourth-order valence-electron chi connectivity index (χ4n) is 2.34. The largest absolute Gasteiger partial charge is 0.342 e. The van der Waals surface area contributed by atoms with Gasteiger partial charge in [0.15, 0.2) is 0 Å². The summed E-state index contributed by atoms with van der Waals surface area (Å²) < 4.78 is 12.2. The Labute approximate surface area is 131 Å². The summed E-state index contributed by atoms with van der Waals surface area (Å²) in [6, 6.07) is 17.7. The van der Waals surface area contributed by atoms with Gasteiger partial charge in [0.2, 0.25) is 5.79 Å². The second-order valence-electron chi connectivity index (χ2n) is 4.72. The number of hydrogen-bond acceptors (Lipinski definition) is 2. The van der Waals surface area contributed by atoms with Crippen LogP contribution >= 0.6 is 27.5 Å². The summed E-state index contributed by atoms with van der Waals surface area (Å²) in [4.78, 5) is 0. The Morgan fingerprint density at radius 3 is 2.45 bits per heavy atom. The molecule has 1 aliphatic heterocycles. The molecule has 2 aromatic carbocycles. The van der Waals surface area contributed by atoms with E-state index in [9.17, 15) is 0 Å². The molecule has 0 bridgehead atoms. The van der Waals surface area contributed by atoms with E-state index < -0.39 is 5.79 Å². The van der Waals surface area contributed by atoms with Crippen LogP contribution in [0.3, 0.4) is 0 Å².